The molecule has 1 unspecified atom stereocenters. The first kappa shape index (κ1) is 21.1. The zero-order valence-corrected chi connectivity index (χ0v) is 17.7. The van der Waals surface area contributed by atoms with Crippen molar-refractivity contribution in [3.63, 3.8) is 0 Å². The fourth-order valence-corrected chi connectivity index (χ4v) is 5.27. The summed E-state index contributed by atoms with van der Waals surface area (Å²) in [5.74, 6) is -0.00974. The predicted octanol–water partition coefficient (Wildman–Crippen LogP) is 3.26. The van der Waals surface area contributed by atoms with Crippen LogP contribution in [0.2, 0.25) is 0 Å². The van der Waals surface area contributed by atoms with Crippen LogP contribution in [0.25, 0.3) is 0 Å². The Morgan fingerprint density at radius 1 is 1.21 bits per heavy atom. The highest BCUT2D eigenvalue weighted by Crippen LogP contribution is 2.27. The van der Waals surface area contributed by atoms with Gasteiger partial charge in [0.15, 0.2) is 0 Å². The lowest BCUT2D eigenvalue weighted by Gasteiger charge is -2.19. The van der Waals surface area contributed by atoms with Crippen LogP contribution in [0.5, 0.6) is 0 Å². The van der Waals surface area contributed by atoms with Gasteiger partial charge in [-0.2, -0.15) is 0 Å². The molecule has 0 spiro atoms. The number of nitrogens with one attached hydrogen (secondary N) is 1. The quantitative estimate of drug-likeness (QED) is 0.809. The van der Waals surface area contributed by atoms with Gasteiger partial charge in [0.05, 0.1) is 11.4 Å². The first-order chi connectivity index (χ1) is 13.7. The van der Waals surface area contributed by atoms with Gasteiger partial charge in [-0.05, 0) is 47.7 Å². The van der Waals surface area contributed by atoms with Gasteiger partial charge in [0.2, 0.25) is 10.0 Å². The third-order valence-electron chi connectivity index (χ3n) is 4.98. The number of hydrogen-bond donors (Lipinski definition) is 1. The summed E-state index contributed by atoms with van der Waals surface area (Å²) >= 11 is 0. The Morgan fingerprint density at radius 2 is 1.86 bits per heavy atom. The molecule has 1 aliphatic heterocycles. The second kappa shape index (κ2) is 8.41. The van der Waals surface area contributed by atoms with Gasteiger partial charge in [0, 0.05) is 26.7 Å². The van der Waals surface area contributed by atoms with E-state index in [0.29, 0.717) is 30.9 Å². The topological polar surface area (TPSA) is 69.7 Å². The number of rotatable bonds is 5. The van der Waals surface area contributed by atoms with E-state index in [-0.39, 0.29) is 23.5 Å². The summed E-state index contributed by atoms with van der Waals surface area (Å²) in [4.78, 5) is 13.8. The van der Waals surface area contributed by atoms with E-state index in [1.54, 1.807) is 38.2 Å². The SMILES string of the molecule is Cc1ccc(CN(C)C(=O)NCc2ccc(N3CC(C)CS3(=O)=O)cc2)cc1F. The number of nitrogens with zero attached hydrogens (tertiary/aromatic N) is 2. The molecule has 8 heteroatoms. The number of anilines is 1. The zero-order valence-electron chi connectivity index (χ0n) is 16.9. The number of benzene rings is 2. The molecule has 1 heterocycles. The number of urea groups is 1. The average Bonchev–Trinajstić information content (AvgIpc) is 2.95. The van der Waals surface area contributed by atoms with Crippen LogP contribution in [0.15, 0.2) is 42.5 Å². The first-order valence-corrected chi connectivity index (χ1v) is 11.1. The fraction of sp³-hybridized carbons (Fsp3) is 0.381. The maximum atomic E-state index is 13.7. The van der Waals surface area contributed by atoms with Gasteiger partial charge in [0.1, 0.15) is 5.82 Å². The summed E-state index contributed by atoms with van der Waals surface area (Å²) in [5.41, 5.74) is 2.79. The van der Waals surface area contributed by atoms with Crippen molar-refractivity contribution < 1.29 is 17.6 Å². The molecule has 2 aromatic carbocycles. The molecule has 1 aliphatic rings. The Bertz CT molecular complexity index is 993. The summed E-state index contributed by atoms with van der Waals surface area (Å²) in [6.45, 7) is 4.72. The molecular weight excluding hydrogens is 393 g/mol. The van der Waals surface area contributed by atoms with E-state index in [1.807, 2.05) is 19.1 Å². The Kier molecular flexibility index (Phi) is 6.12. The molecular formula is C21H26FN3O3S. The van der Waals surface area contributed by atoms with Crippen LogP contribution in [0.4, 0.5) is 14.9 Å². The lowest BCUT2D eigenvalue weighted by Crippen LogP contribution is -2.36. The molecule has 0 bridgehead atoms. The third kappa shape index (κ3) is 5.06. The van der Waals surface area contributed by atoms with Crippen LogP contribution in [0.1, 0.15) is 23.6 Å². The van der Waals surface area contributed by atoms with E-state index in [4.69, 9.17) is 0 Å². The Morgan fingerprint density at radius 3 is 2.45 bits per heavy atom. The van der Waals surface area contributed by atoms with E-state index in [2.05, 4.69) is 5.32 Å². The van der Waals surface area contributed by atoms with Crippen molar-refractivity contribution in [3.8, 4) is 0 Å². The van der Waals surface area contributed by atoms with Crippen molar-refractivity contribution in [1.82, 2.24) is 10.2 Å². The number of aryl methyl sites for hydroxylation is 1. The Balaban J connectivity index is 1.55. The molecule has 6 nitrogen and oxygen atoms in total. The molecule has 0 aliphatic carbocycles. The van der Waals surface area contributed by atoms with Crippen molar-refractivity contribution in [3.05, 3.63) is 65.0 Å². The highest BCUT2D eigenvalue weighted by Gasteiger charge is 2.33. The monoisotopic (exact) mass is 419 g/mol. The van der Waals surface area contributed by atoms with Crippen molar-refractivity contribution in [1.29, 1.82) is 0 Å². The standard InChI is InChI=1S/C21H26FN3O3S/c1-15-12-25(29(27,28)14-15)19-8-6-17(7-9-19)11-23-21(26)24(3)13-18-5-4-16(2)20(22)10-18/h4-10,15H,11-14H2,1-3H3,(H,23,26). The van der Waals surface area contributed by atoms with E-state index in [0.717, 1.165) is 11.1 Å². The molecule has 0 saturated carbocycles. The molecule has 3 rings (SSSR count). The van der Waals surface area contributed by atoms with Crippen LogP contribution in [-0.4, -0.2) is 38.7 Å². The zero-order chi connectivity index (χ0) is 21.2. The Labute approximate surface area is 171 Å². The number of carbonyl (C=O) groups excluding carboxylic acids is 1. The lowest BCUT2D eigenvalue weighted by atomic mass is 10.1. The number of halogens is 1. The highest BCUT2D eigenvalue weighted by molar-refractivity contribution is 7.93. The lowest BCUT2D eigenvalue weighted by molar-refractivity contribution is 0.206. The largest absolute Gasteiger partial charge is 0.334 e. The van der Waals surface area contributed by atoms with E-state index in [9.17, 15) is 17.6 Å². The second-order valence-electron chi connectivity index (χ2n) is 7.68. The number of carbonyl (C=O) groups is 1. The molecule has 1 N–H and O–H groups in total. The third-order valence-corrected chi connectivity index (χ3v) is 7.00. The van der Waals surface area contributed by atoms with Crippen molar-refractivity contribution in [2.24, 2.45) is 5.92 Å². The van der Waals surface area contributed by atoms with Crippen molar-refractivity contribution in [2.45, 2.75) is 26.9 Å². The Hall–Kier alpha value is -2.61. The van der Waals surface area contributed by atoms with Gasteiger partial charge in [-0.15, -0.1) is 0 Å². The molecule has 1 fully saturated rings. The fourth-order valence-electron chi connectivity index (χ4n) is 3.34. The minimum atomic E-state index is -3.24. The summed E-state index contributed by atoms with van der Waals surface area (Å²) in [6, 6.07) is 11.8. The van der Waals surface area contributed by atoms with Crippen LogP contribution in [-0.2, 0) is 23.1 Å². The number of hydrogen-bond acceptors (Lipinski definition) is 3. The number of sulfonamides is 1. The van der Waals surface area contributed by atoms with Gasteiger partial charge in [-0.3, -0.25) is 4.31 Å². The van der Waals surface area contributed by atoms with Gasteiger partial charge in [-0.25, -0.2) is 17.6 Å². The molecule has 29 heavy (non-hydrogen) atoms. The summed E-state index contributed by atoms with van der Waals surface area (Å²) in [5, 5.41) is 2.82. The maximum Gasteiger partial charge on any atom is 0.317 e. The van der Waals surface area contributed by atoms with Crippen LogP contribution < -0.4 is 9.62 Å². The molecule has 1 saturated heterocycles. The van der Waals surface area contributed by atoms with Crippen LogP contribution >= 0.6 is 0 Å². The van der Waals surface area contributed by atoms with Crippen molar-refractivity contribution in [2.75, 3.05) is 23.7 Å². The molecule has 2 aromatic rings. The van der Waals surface area contributed by atoms with E-state index >= 15 is 0 Å². The number of amides is 2. The van der Waals surface area contributed by atoms with Crippen molar-refractivity contribution >= 4 is 21.7 Å². The van der Waals surface area contributed by atoms with Gasteiger partial charge in [-0.1, -0.05) is 31.2 Å². The molecule has 2 amide bonds. The van der Waals surface area contributed by atoms with Crippen LogP contribution in [0, 0.1) is 18.7 Å². The minimum Gasteiger partial charge on any atom is -0.334 e. The van der Waals surface area contributed by atoms with E-state index < -0.39 is 10.0 Å². The van der Waals surface area contributed by atoms with Gasteiger partial charge < -0.3 is 10.2 Å². The normalized spacial score (nSPS) is 17.9. The predicted molar refractivity (Wildman–Crippen MR) is 112 cm³/mol. The maximum absolute atomic E-state index is 13.7. The second-order valence-corrected chi connectivity index (χ2v) is 9.62. The average molecular weight is 420 g/mol. The first-order valence-electron chi connectivity index (χ1n) is 9.49. The molecule has 0 aromatic heterocycles. The van der Waals surface area contributed by atoms with Crippen LogP contribution in [0.3, 0.4) is 0 Å². The summed E-state index contributed by atoms with van der Waals surface area (Å²) in [7, 11) is -1.60. The van der Waals surface area contributed by atoms with E-state index in [1.165, 1.54) is 15.3 Å². The summed E-state index contributed by atoms with van der Waals surface area (Å²) < 4.78 is 39.4. The highest BCUT2D eigenvalue weighted by atomic mass is 32.2. The molecule has 1 atom stereocenters. The smallest absolute Gasteiger partial charge is 0.317 e. The molecule has 0 radical (unpaired) electrons. The minimum absolute atomic E-state index is 0.108. The molecule has 156 valence electrons. The summed E-state index contributed by atoms with van der Waals surface area (Å²) in [6.07, 6.45) is 0. The van der Waals surface area contributed by atoms with Gasteiger partial charge >= 0.3 is 6.03 Å². The van der Waals surface area contributed by atoms with Gasteiger partial charge in [0.25, 0.3) is 0 Å².